The van der Waals surface area contributed by atoms with E-state index in [1.165, 1.54) is 12.1 Å². The number of carbonyl (C=O) groups excluding carboxylic acids is 1. The monoisotopic (exact) mass is 377 g/mol. The number of halogens is 3. The molecule has 0 spiro atoms. The van der Waals surface area contributed by atoms with Gasteiger partial charge in [0, 0.05) is 42.1 Å². The summed E-state index contributed by atoms with van der Waals surface area (Å²) < 4.78 is 38.9. The Bertz CT molecular complexity index is 854. The smallest absolute Gasteiger partial charge is 0.365 e. The number of carbonyl (C=O) groups is 1. The first-order valence-electron chi connectivity index (χ1n) is 8.62. The summed E-state index contributed by atoms with van der Waals surface area (Å²) in [6, 6.07) is 12.8. The quantitative estimate of drug-likeness (QED) is 0.637. The third-order valence-electron chi connectivity index (χ3n) is 5.31. The van der Waals surface area contributed by atoms with Crippen molar-refractivity contribution in [3.8, 4) is 0 Å². The number of rotatable bonds is 3. The Balaban J connectivity index is 1.49. The van der Waals surface area contributed by atoms with Crippen molar-refractivity contribution in [3.63, 3.8) is 0 Å². The zero-order valence-electron chi connectivity index (χ0n) is 14.3. The van der Waals surface area contributed by atoms with Crippen LogP contribution in [0.5, 0.6) is 0 Å². The first-order valence-corrected chi connectivity index (χ1v) is 8.62. The van der Waals surface area contributed by atoms with Gasteiger partial charge in [0.05, 0.1) is 5.56 Å². The standard InChI is InChI=1S/C19H18F3N3O2/c20-19(21,22)13-2-1-3-15(8-13)25-11-16-9-17(25)10-24(16)14-6-4-12(5-7-14)18(26)23-27/h1-8,16-17,27H,9-11H2,(H,23,26)/t16-,17-/m0/s1. The molecule has 2 bridgehead atoms. The summed E-state index contributed by atoms with van der Waals surface area (Å²) in [5.74, 6) is -0.569. The van der Waals surface area contributed by atoms with E-state index in [2.05, 4.69) is 4.90 Å². The molecular weight excluding hydrogens is 359 g/mol. The molecule has 27 heavy (non-hydrogen) atoms. The normalized spacial score (nSPS) is 21.6. The minimum absolute atomic E-state index is 0.152. The van der Waals surface area contributed by atoms with Crippen molar-refractivity contribution in [3.05, 3.63) is 59.7 Å². The van der Waals surface area contributed by atoms with Crippen LogP contribution in [0.2, 0.25) is 0 Å². The molecule has 2 aromatic rings. The number of benzene rings is 2. The van der Waals surface area contributed by atoms with Gasteiger partial charge in [0.25, 0.3) is 5.91 Å². The molecule has 2 saturated heterocycles. The van der Waals surface area contributed by atoms with Gasteiger partial charge in [-0.2, -0.15) is 13.2 Å². The third kappa shape index (κ3) is 3.21. The van der Waals surface area contributed by atoms with Crippen LogP contribution in [0.1, 0.15) is 22.3 Å². The fraction of sp³-hybridized carbons (Fsp3) is 0.316. The van der Waals surface area contributed by atoms with E-state index in [0.29, 0.717) is 24.3 Å². The van der Waals surface area contributed by atoms with E-state index in [1.807, 2.05) is 17.0 Å². The van der Waals surface area contributed by atoms with E-state index < -0.39 is 17.6 Å². The zero-order valence-corrected chi connectivity index (χ0v) is 14.3. The maximum absolute atomic E-state index is 13.0. The molecule has 2 aromatic carbocycles. The number of nitrogens with one attached hydrogen (secondary N) is 1. The van der Waals surface area contributed by atoms with Crippen LogP contribution in [0.25, 0.3) is 0 Å². The summed E-state index contributed by atoms with van der Waals surface area (Å²) in [6.45, 7) is 1.37. The number of piperazine rings is 1. The summed E-state index contributed by atoms with van der Waals surface area (Å²) in [5, 5.41) is 8.68. The molecule has 2 fully saturated rings. The highest BCUT2D eigenvalue weighted by molar-refractivity contribution is 5.93. The molecule has 2 aliphatic rings. The lowest BCUT2D eigenvalue weighted by Crippen LogP contribution is -2.46. The van der Waals surface area contributed by atoms with E-state index in [9.17, 15) is 18.0 Å². The average molecular weight is 377 g/mol. The Hall–Kier alpha value is -2.74. The van der Waals surface area contributed by atoms with Gasteiger partial charge in [-0.05, 0) is 48.9 Å². The molecule has 5 nitrogen and oxygen atoms in total. The molecule has 2 N–H and O–H groups in total. The number of hydroxylamine groups is 1. The molecule has 8 heteroatoms. The van der Waals surface area contributed by atoms with Crippen LogP contribution in [0.4, 0.5) is 24.5 Å². The van der Waals surface area contributed by atoms with Crippen molar-refractivity contribution in [2.75, 3.05) is 22.9 Å². The SMILES string of the molecule is O=C(NO)c1ccc(N2C[C@@H]3C[C@H]2CN3c2cccc(C(F)(F)F)c2)cc1. The van der Waals surface area contributed by atoms with Crippen LogP contribution in [-0.4, -0.2) is 36.3 Å². The summed E-state index contributed by atoms with van der Waals surface area (Å²) in [7, 11) is 0. The second kappa shape index (κ2) is 6.45. The summed E-state index contributed by atoms with van der Waals surface area (Å²) in [6.07, 6.45) is -3.46. The lowest BCUT2D eigenvalue weighted by atomic mass is 10.1. The molecule has 0 aromatic heterocycles. The third-order valence-corrected chi connectivity index (χ3v) is 5.31. The van der Waals surface area contributed by atoms with Crippen molar-refractivity contribution in [1.29, 1.82) is 0 Å². The van der Waals surface area contributed by atoms with Gasteiger partial charge in [0.15, 0.2) is 0 Å². The Morgan fingerprint density at radius 3 is 2.19 bits per heavy atom. The molecule has 2 aliphatic heterocycles. The Labute approximate surface area is 154 Å². The van der Waals surface area contributed by atoms with Crippen LogP contribution >= 0.6 is 0 Å². The summed E-state index contributed by atoms with van der Waals surface area (Å²) in [4.78, 5) is 15.7. The Kier molecular flexibility index (Phi) is 4.22. The molecule has 0 saturated carbocycles. The molecule has 4 rings (SSSR count). The first-order chi connectivity index (χ1) is 12.9. The van der Waals surface area contributed by atoms with Crippen LogP contribution in [-0.2, 0) is 6.18 Å². The minimum Gasteiger partial charge on any atom is -0.365 e. The van der Waals surface area contributed by atoms with E-state index in [1.54, 1.807) is 23.7 Å². The van der Waals surface area contributed by atoms with Crippen molar-refractivity contribution in [2.24, 2.45) is 0 Å². The highest BCUT2D eigenvalue weighted by Gasteiger charge is 2.43. The second-order valence-electron chi connectivity index (χ2n) is 6.88. The van der Waals surface area contributed by atoms with Crippen LogP contribution in [0.15, 0.2) is 48.5 Å². The maximum Gasteiger partial charge on any atom is 0.416 e. The Morgan fingerprint density at radius 2 is 1.63 bits per heavy atom. The Morgan fingerprint density at radius 1 is 1.00 bits per heavy atom. The van der Waals surface area contributed by atoms with E-state index in [0.717, 1.165) is 18.2 Å². The van der Waals surface area contributed by atoms with Crippen molar-refractivity contribution in [1.82, 2.24) is 5.48 Å². The van der Waals surface area contributed by atoms with E-state index in [-0.39, 0.29) is 12.1 Å². The predicted octanol–water partition coefficient (Wildman–Crippen LogP) is 3.29. The van der Waals surface area contributed by atoms with Crippen LogP contribution < -0.4 is 15.3 Å². The minimum atomic E-state index is -4.34. The number of alkyl halides is 3. The second-order valence-corrected chi connectivity index (χ2v) is 6.88. The topological polar surface area (TPSA) is 55.8 Å². The highest BCUT2D eigenvalue weighted by atomic mass is 19.4. The van der Waals surface area contributed by atoms with Crippen molar-refractivity contribution < 1.29 is 23.2 Å². The molecule has 0 unspecified atom stereocenters. The van der Waals surface area contributed by atoms with Crippen LogP contribution in [0.3, 0.4) is 0 Å². The fourth-order valence-corrected chi connectivity index (χ4v) is 4.03. The van der Waals surface area contributed by atoms with Gasteiger partial charge in [-0.25, -0.2) is 5.48 Å². The first kappa shape index (κ1) is 17.7. The fourth-order valence-electron chi connectivity index (χ4n) is 4.03. The van der Waals surface area contributed by atoms with Crippen LogP contribution in [0, 0.1) is 0 Å². The van der Waals surface area contributed by atoms with Gasteiger partial charge in [-0.1, -0.05) is 6.07 Å². The van der Waals surface area contributed by atoms with Gasteiger partial charge < -0.3 is 9.80 Å². The highest BCUT2D eigenvalue weighted by Crippen LogP contribution is 2.39. The number of amides is 1. The van der Waals surface area contributed by atoms with Gasteiger partial charge >= 0.3 is 6.18 Å². The van der Waals surface area contributed by atoms with Crippen molar-refractivity contribution >= 4 is 17.3 Å². The summed E-state index contributed by atoms with van der Waals surface area (Å²) >= 11 is 0. The molecule has 142 valence electrons. The number of nitrogens with zero attached hydrogens (tertiary/aromatic N) is 2. The molecule has 2 atom stereocenters. The van der Waals surface area contributed by atoms with Gasteiger partial charge in [0.1, 0.15) is 0 Å². The predicted molar refractivity (Wildman–Crippen MR) is 94.0 cm³/mol. The van der Waals surface area contributed by atoms with Gasteiger partial charge in [-0.15, -0.1) is 0 Å². The molecule has 0 aliphatic carbocycles. The number of hydrogen-bond donors (Lipinski definition) is 2. The summed E-state index contributed by atoms with van der Waals surface area (Å²) in [5.41, 5.74) is 2.89. The molecule has 0 radical (unpaired) electrons. The maximum atomic E-state index is 13.0. The zero-order chi connectivity index (χ0) is 19.2. The molecule has 2 heterocycles. The van der Waals surface area contributed by atoms with Gasteiger partial charge in [-0.3, -0.25) is 10.0 Å². The number of fused-ring (bicyclic) bond motifs is 2. The largest absolute Gasteiger partial charge is 0.416 e. The number of hydrogen-bond acceptors (Lipinski definition) is 4. The molecular formula is C19H18F3N3O2. The lowest BCUT2D eigenvalue weighted by molar-refractivity contribution is -0.137. The lowest BCUT2D eigenvalue weighted by Gasteiger charge is -2.37. The molecule has 1 amide bonds. The van der Waals surface area contributed by atoms with E-state index in [4.69, 9.17) is 5.21 Å². The number of anilines is 2. The van der Waals surface area contributed by atoms with E-state index >= 15 is 0 Å². The average Bonchev–Trinajstić information content (AvgIpc) is 3.28. The van der Waals surface area contributed by atoms with Crippen molar-refractivity contribution in [2.45, 2.75) is 24.7 Å². The van der Waals surface area contributed by atoms with Gasteiger partial charge in [0.2, 0.25) is 0 Å².